The van der Waals surface area contributed by atoms with E-state index in [9.17, 15) is 0 Å². The smallest absolute Gasteiger partial charge is 0.253 e. The van der Waals surface area contributed by atoms with Crippen molar-refractivity contribution in [2.75, 3.05) is 25.6 Å². The standard InChI is InChI=1S/C11H13N7OS2/c1-7-5-8(18-9(15-7)13-6-14-18)20-11-17-16-10(21-11)12-3-4-19-2/h5-6H,3-4H2,1-2H3,(H,12,16). The fourth-order valence-electron chi connectivity index (χ4n) is 1.64. The van der Waals surface area contributed by atoms with Gasteiger partial charge >= 0.3 is 0 Å². The second kappa shape index (κ2) is 6.33. The maximum Gasteiger partial charge on any atom is 0.253 e. The first-order valence-electron chi connectivity index (χ1n) is 6.18. The van der Waals surface area contributed by atoms with Gasteiger partial charge in [-0.2, -0.15) is 14.6 Å². The monoisotopic (exact) mass is 323 g/mol. The normalized spacial score (nSPS) is 11.1. The zero-order valence-electron chi connectivity index (χ0n) is 11.5. The van der Waals surface area contributed by atoms with Crippen molar-refractivity contribution in [3.8, 4) is 0 Å². The van der Waals surface area contributed by atoms with Crippen LogP contribution in [0.3, 0.4) is 0 Å². The molecule has 0 unspecified atom stereocenters. The average Bonchev–Trinajstić information content (AvgIpc) is 3.08. The molecule has 3 rings (SSSR count). The van der Waals surface area contributed by atoms with Gasteiger partial charge in [-0.3, -0.25) is 0 Å². The quantitative estimate of drug-likeness (QED) is 0.539. The average molecular weight is 323 g/mol. The molecule has 0 radical (unpaired) electrons. The van der Waals surface area contributed by atoms with Crippen molar-refractivity contribution < 1.29 is 4.74 Å². The van der Waals surface area contributed by atoms with E-state index < -0.39 is 0 Å². The molecule has 0 saturated carbocycles. The lowest BCUT2D eigenvalue weighted by Gasteiger charge is -2.01. The predicted molar refractivity (Wildman–Crippen MR) is 79.9 cm³/mol. The Labute approximate surface area is 129 Å². The van der Waals surface area contributed by atoms with E-state index in [0.717, 1.165) is 20.2 Å². The third-order valence-electron chi connectivity index (χ3n) is 2.53. The molecule has 0 spiro atoms. The number of nitrogens with zero attached hydrogens (tertiary/aromatic N) is 6. The summed E-state index contributed by atoms with van der Waals surface area (Å²) in [5.41, 5.74) is 0.890. The number of fused-ring (bicyclic) bond motifs is 1. The van der Waals surface area contributed by atoms with Crippen LogP contribution in [0.5, 0.6) is 0 Å². The highest BCUT2D eigenvalue weighted by Crippen LogP contribution is 2.31. The van der Waals surface area contributed by atoms with Gasteiger partial charge in [-0.1, -0.05) is 11.3 Å². The molecule has 110 valence electrons. The van der Waals surface area contributed by atoms with Crippen LogP contribution in [0.15, 0.2) is 21.8 Å². The molecule has 21 heavy (non-hydrogen) atoms. The molecule has 0 saturated heterocycles. The summed E-state index contributed by atoms with van der Waals surface area (Å²) < 4.78 is 7.50. The zero-order chi connectivity index (χ0) is 14.7. The van der Waals surface area contributed by atoms with E-state index in [1.807, 2.05) is 13.0 Å². The number of aromatic nitrogens is 6. The van der Waals surface area contributed by atoms with Crippen LogP contribution >= 0.6 is 23.1 Å². The highest BCUT2D eigenvalue weighted by Gasteiger charge is 2.11. The van der Waals surface area contributed by atoms with Gasteiger partial charge in [0.15, 0.2) is 4.34 Å². The van der Waals surface area contributed by atoms with Crippen molar-refractivity contribution >= 4 is 34.0 Å². The first kappa shape index (κ1) is 14.2. The van der Waals surface area contributed by atoms with E-state index in [4.69, 9.17) is 4.74 Å². The molecule has 0 aliphatic carbocycles. The molecular weight excluding hydrogens is 310 g/mol. The summed E-state index contributed by atoms with van der Waals surface area (Å²) in [5.74, 6) is 0.584. The van der Waals surface area contributed by atoms with Gasteiger partial charge in [-0.15, -0.1) is 10.2 Å². The van der Waals surface area contributed by atoms with Gasteiger partial charge < -0.3 is 10.1 Å². The molecule has 0 aliphatic rings. The molecule has 3 aromatic heterocycles. The summed E-state index contributed by atoms with van der Waals surface area (Å²) in [6.45, 7) is 3.26. The van der Waals surface area contributed by atoms with Crippen LogP contribution in [0.25, 0.3) is 5.78 Å². The van der Waals surface area contributed by atoms with E-state index >= 15 is 0 Å². The minimum atomic E-state index is 0.584. The SMILES string of the molecule is COCCNc1nnc(Sc2cc(C)nc3ncnn23)s1. The maximum atomic E-state index is 4.98. The second-order valence-electron chi connectivity index (χ2n) is 4.10. The molecule has 0 fully saturated rings. The Morgan fingerprint density at radius 2 is 2.33 bits per heavy atom. The predicted octanol–water partition coefficient (Wildman–Crippen LogP) is 1.49. The minimum Gasteiger partial charge on any atom is -0.383 e. The molecule has 10 heteroatoms. The van der Waals surface area contributed by atoms with Crippen molar-refractivity contribution in [2.45, 2.75) is 16.3 Å². The van der Waals surface area contributed by atoms with Crippen molar-refractivity contribution in [2.24, 2.45) is 0 Å². The topological polar surface area (TPSA) is 90.1 Å². The summed E-state index contributed by atoms with van der Waals surface area (Å²) in [7, 11) is 1.66. The lowest BCUT2D eigenvalue weighted by Crippen LogP contribution is -2.06. The van der Waals surface area contributed by atoms with Gasteiger partial charge in [0.2, 0.25) is 5.13 Å². The summed E-state index contributed by atoms with van der Waals surface area (Å²) in [5, 5.41) is 17.3. The molecule has 0 atom stereocenters. The highest BCUT2D eigenvalue weighted by atomic mass is 32.2. The van der Waals surface area contributed by atoms with E-state index in [0.29, 0.717) is 18.9 Å². The molecule has 0 bridgehead atoms. The highest BCUT2D eigenvalue weighted by molar-refractivity contribution is 8.01. The molecule has 0 amide bonds. The summed E-state index contributed by atoms with van der Waals surface area (Å²) in [6.07, 6.45) is 1.49. The molecule has 1 N–H and O–H groups in total. The van der Waals surface area contributed by atoms with Crippen molar-refractivity contribution in [1.82, 2.24) is 29.8 Å². The summed E-state index contributed by atoms with van der Waals surface area (Å²) in [6, 6.07) is 1.95. The Morgan fingerprint density at radius 1 is 1.43 bits per heavy atom. The van der Waals surface area contributed by atoms with E-state index in [2.05, 4.69) is 30.6 Å². The molecule has 0 aliphatic heterocycles. The number of rotatable bonds is 6. The fraction of sp³-hybridized carbons (Fsp3) is 0.364. The Balaban J connectivity index is 1.77. The number of aryl methyl sites for hydroxylation is 1. The van der Waals surface area contributed by atoms with E-state index in [1.165, 1.54) is 29.4 Å². The van der Waals surface area contributed by atoms with Gasteiger partial charge in [0, 0.05) is 19.3 Å². The number of anilines is 1. The summed E-state index contributed by atoms with van der Waals surface area (Å²) >= 11 is 2.98. The van der Waals surface area contributed by atoms with Crippen LogP contribution in [-0.2, 0) is 4.74 Å². The lowest BCUT2D eigenvalue weighted by molar-refractivity contribution is 0.211. The Kier molecular flexibility index (Phi) is 4.27. The number of nitrogens with one attached hydrogen (secondary N) is 1. The van der Waals surface area contributed by atoms with Crippen molar-refractivity contribution in [1.29, 1.82) is 0 Å². The number of hydrogen-bond donors (Lipinski definition) is 1. The van der Waals surface area contributed by atoms with Crippen LogP contribution in [0, 0.1) is 6.92 Å². The zero-order valence-corrected chi connectivity index (χ0v) is 13.1. The number of methoxy groups -OCH3 is 1. The molecule has 8 nitrogen and oxygen atoms in total. The van der Waals surface area contributed by atoms with Gasteiger partial charge in [0.05, 0.1) is 6.61 Å². The molecule has 3 aromatic rings. The fourth-order valence-corrected chi connectivity index (χ4v) is 3.51. The van der Waals surface area contributed by atoms with Gasteiger partial charge in [-0.25, -0.2) is 4.98 Å². The van der Waals surface area contributed by atoms with Crippen LogP contribution in [-0.4, -0.2) is 50.0 Å². The van der Waals surface area contributed by atoms with Crippen LogP contribution in [0.4, 0.5) is 5.13 Å². The molecular formula is C11H13N7OS2. The van der Waals surface area contributed by atoms with Crippen LogP contribution in [0.2, 0.25) is 0 Å². The first-order valence-corrected chi connectivity index (χ1v) is 7.81. The van der Waals surface area contributed by atoms with Crippen LogP contribution in [0.1, 0.15) is 5.69 Å². The Hall–Kier alpha value is -1.78. The Morgan fingerprint density at radius 3 is 3.19 bits per heavy atom. The third kappa shape index (κ3) is 3.28. The second-order valence-corrected chi connectivity index (χ2v) is 6.35. The van der Waals surface area contributed by atoms with Crippen molar-refractivity contribution in [3.63, 3.8) is 0 Å². The maximum absolute atomic E-state index is 4.98. The van der Waals surface area contributed by atoms with Gasteiger partial charge in [0.25, 0.3) is 5.78 Å². The first-order chi connectivity index (χ1) is 10.3. The lowest BCUT2D eigenvalue weighted by atomic mass is 10.5. The molecule has 3 heterocycles. The third-order valence-corrected chi connectivity index (χ3v) is 4.46. The number of hydrogen-bond acceptors (Lipinski definition) is 9. The van der Waals surface area contributed by atoms with E-state index in [1.54, 1.807) is 11.6 Å². The van der Waals surface area contributed by atoms with Gasteiger partial charge in [-0.05, 0) is 24.8 Å². The summed E-state index contributed by atoms with van der Waals surface area (Å²) in [4.78, 5) is 8.42. The van der Waals surface area contributed by atoms with Crippen LogP contribution < -0.4 is 5.32 Å². The van der Waals surface area contributed by atoms with Gasteiger partial charge in [0.1, 0.15) is 11.4 Å². The molecule has 0 aromatic carbocycles. The Bertz CT molecular complexity index is 741. The largest absolute Gasteiger partial charge is 0.383 e. The van der Waals surface area contributed by atoms with Crippen molar-refractivity contribution in [3.05, 3.63) is 18.1 Å². The van der Waals surface area contributed by atoms with E-state index in [-0.39, 0.29) is 0 Å². The number of ether oxygens (including phenoxy) is 1. The minimum absolute atomic E-state index is 0.584.